The summed E-state index contributed by atoms with van der Waals surface area (Å²) in [6.45, 7) is 9.63. The van der Waals surface area contributed by atoms with E-state index < -0.39 is 0 Å². The Balaban J connectivity index is 1.72. The van der Waals surface area contributed by atoms with Crippen molar-refractivity contribution >= 4 is 11.3 Å². The highest BCUT2D eigenvalue weighted by molar-refractivity contribution is 7.09. The van der Waals surface area contributed by atoms with E-state index in [0.29, 0.717) is 12.0 Å². The molecule has 1 saturated heterocycles. The lowest BCUT2D eigenvalue weighted by molar-refractivity contribution is 0.0385. The van der Waals surface area contributed by atoms with Crippen LogP contribution >= 0.6 is 11.3 Å². The van der Waals surface area contributed by atoms with Crippen molar-refractivity contribution in [2.75, 3.05) is 26.7 Å². The zero-order valence-corrected chi connectivity index (χ0v) is 13.7. The third kappa shape index (κ3) is 5.13. The van der Waals surface area contributed by atoms with Gasteiger partial charge in [0.05, 0.1) is 11.8 Å². The minimum atomic E-state index is 0.456. The Labute approximate surface area is 126 Å². The van der Waals surface area contributed by atoms with Gasteiger partial charge in [0, 0.05) is 38.7 Å². The van der Waals surface area contributed by atoms with Crippen molar-refractivity contribution in [2.45, 2.75) is 45.9 Å². The average molecular weight is 297 g/mol. The summed E-state index contributed by atoms with van der Waals surface area (Å²) in [7, 11) is 1.82. The number of ether oxygens (including phenoxy) is 1. The number of rotatable bonds is 7. The van der Waals surface area contributed by atoms with Gasteiger partial charge in [0.25, 0.3) is 0 Å². The van der Waals surface area contributed by atoms with Crippen molar-refractivity contribution < 1.29 is 4.74 Å². The van der Waals surface area contributed by atoms with Crippen LogP contribution in [0.4, 0.5) is 0 Å². The van der Waals surface area contributed by atoms with E-state index in [2.05, 4.69) is 29.4 Å². The van der Waals surface area contributed by atoms with Gasteiger partial charge in [-0.2, -0.15) is 0 Å². The first-order valence-electron chi connectivity index (χ1n) is 7.56. The lowest BCUT2D eigenvalue weighted by Gasteiger charge is -2.30. The molecule has 0 aromatic carbocycles. The summed E-state index contributed by atoms with van der Waals surface area (Å²) < 4.78 is 5.41. The van der Waals surface area contributed by atoms with Crippen LogP contribution in [-0.2, 0) is 17.8 Å². The highest BCUT2D eigenvalue weighted by atomic mass is 32.1. The van der Waals surface area contributed by atoms with Crippen molar-refractivity contribution in [3.8, 4) is 0 Å². The molecule has 0 aliphatic carbocycles. The highest BCUT2D eigenvalue weighted by Crippen LogP contribution is 2.17. The van der Waals surface area contributed by atoms with Crippen LogP contribution in [0.25, 0.3) is 0 Å². The molecule has 5 heteroatoms. The molecule has 0 atom stereocenters. The fourth-order valence-electron chi connectivity index (χ4n) is 2.50. The van der Waals surface area contributed by atoms with Crippen LogP contribution in [0.3, 0.4) is 0 Å². The SMILES string of the molecule is COC1CCN(Cc2csc(CNCC(C)C)n2)CC1. The minimum Gasteiger partial charge on any atom is -0.381 e. The van der Waals surface area contributed by atoms with Gasteiger partial charge in [0.1, 0.15) is 5.01 Å². The molecule has 0 bridgehead atoms. The number of hydrogen-bond donors (Lipinski definition) is 1. The second kappa shape index (κ2) is 8.08. The second-order valence-corrected chi connectivity index (χ2v) is 6.91. The Morgan fingerprint density at radius 1 is 1.45 bits per heavy atom. The van der Waals surface area contributed by atoms with Gasteiger partial charge < -0.3 is 10.1 Å². The van der Waals surface area contributed by atoms with E-state index in [1.54, 1.807) is 11.3 Å². The number of aromatic nitrogens is 1. The molecule has 0 spiro atoms. The van der Waals surface area contributed by atoms with E-state index in [1.165, 1.54) is 10.7 Å². The molecule has 114 valence electrons. The number of hydrogen-bond acceptors (Lipinski definition) is 5. The van der Waals surface area contributed by atoms with Gasteiger partial charge in [0.15, 0.2) is 0 Å². The summed E-state index contributed by atoms with van der Waals surface area (Å²) >= 11 is 1.77. The largest absolute Gasteiger partial charge is 0.381 e. The fraction of sp³-hybridized carbons (Fsp3) is 0.800. The molecule has 1 aliphatic heterocycles. The number of piperidine rings is 1. The quantitative estimate of drug-likeness (QED) is 0.839. The van der Waals surface area contributed by atoms with Crippen LogP contribution in [0.2, 0.25) is 0 Å². The Morgan fingerprint density at radius 3 is 2.85 bits per heavy atom. The molecule has 0 amide bonds. The number of thiazole rings is 1. The van der Waals surface area contributed by atoms with E-state index in [4.69, 9.17) is 9.72 Å². The predicted molar refractivity (Wildman–Crippen MR) is 84.0 cm³/mol. The van der Waals surface area contributed by atoms with Crippen LogP contribution in [0, 0.1) is 5.92 Å². The molecule has 4 nitrogen and oxygen atoms in total. The lowest BCUT2D eigenvalue weighted by atomic mass is 10.1. The van der Waals surface area contributed by atoms with Gasteiger partial charge in [-0.1, -0.05) is 13.8 Å². The van der Waals surface area contributed by atoms with E-state index in [9.17, 15) is 0 Å². The van der Waals surface area contributed by atoms with Crippen LogP contribution in [0.15, 0.2) is 5.38 Å². The van der Waals surface area contributed by atoms with Crippen molar-refractivity contribution in [3.05, 3.63) is 16.1 Å². The van der Waals surface area contributed by atoms with Gasteiger partial charge in [-0.15, -0.1) is 11.3 Å². The van der Waals surface area contributed by atoms with Crippen LogP contribution in [-0.4, -0.2) is 42.7 Å². The summed E-state index contributed by atoms with van der Waals surface area (Å²) in [5.74, 6) is 0.691. The molecule has 0 unspecified atom stereocenters. The summed E-state index contributed by atoms with van der Waals surface area (Å²) in [6.07, 6.45) is 2.74. The molecule has 20 heavy (non-hydrogen) atoms. The second-order valence-electron chi connectivity index (χ2n) is 5.97. The van der Waals surface area contributed by atoms with Gasteiger partial charge in [-0.05, 0) is 25.3 Å². The Morgan fingerprint density at radius 2 is 2.20 bits per heavy atom. The smallest absolute Gasteiger partial charge is 0.107 e. The molecule has 1 aromatic rings. The molecule has 0 saturated carbocycles. The first-order valence-corrected chi connectivity index (χ1v) is 8.44. The zero-order valence-electron chi connectivity index (χ0n) is 12.9. The van der Waals surface area contributed by atoms with Gasteiger partial charge in [-0.25, -0.2) is 4.98 Å². The maximum Gasteiger partial charge on any atom is 0.107 e. The summed E-state index contributed by atoms with van der Waals surface area (Å²) in [5, 5.41) is 6.85. The van der Waals surface area contributed by atoms with E-state index in [1.807, 2.05) is 7.11 Å². The number of methoxy groups -OCH3 is 1. The standard InChI is InChI=1S/C15H27N3OS/c1-12(2)8-16-9-15-17-13(11-20-15)10-18-6-4-14(19-3)5-7-18/h11-12,14,16H,4-10H2,1-3H3. The van der Waals surface area contributed by atoms with Crippen molar-refractivity contribution in [1.82, 2.24) is 15.2 Å². The molecule has 2 heterocycles. The molecule has 0 radical (unpaired) electrons. The summed E-state index contributed by atoms with van der Waals surface area (Å²) in [4.78, 5) is 7.21. The summed E-state index contributed by atoms with van der Waals surface area (Å²) in [6, 6.07) is 0. The minimum absolute atomic E-state index is 0.456. The monoisotopic (exact) mass is 297 g/mol. The van der Waals surface area contributed by atoms with Gasteiger partial charge in [0.2, 0.25) is 0 Å². The molecular weight excluding hydrogens is 270 g/mol. The van der Waals surface area contributed by atoms with Crippen LogP contribution in [0.5, 0.6) is 0 Å². The van der Waals surface area contributed by atoms with E-state index >= 15 is 0 Å². The molecule has 1 aromatic heterocycles. The number of nitrogens with one attached hydrogen (secondary N) is 1. The van der Waals surface area contributed by atoms with Crippen molar-refractivity contribution in [3.63, 3.8) is 0 Å². The summed E-state index contributed by atoms with van der Waals surface area (Å²) in [5.41, 5.74) is 1.22. The number of likely N-dealkylation sites (tertiary alicyclic amines) is 1. The molecular formula is C15H27N3OS. The van der Waals surface area contributed by atoms with Crippen LogP contribution in [0.1, 0.15) is 37.4 Å². The van der Waals surface area contributed by atoms with Crippen LogP contribution < -0.4 is 5.32 Å². The third-order valence-electron chi connectivity index (χ3n) is 3.68. The van der Waals surface area contributed by atoms with Gasteiger partial charge in [-0.3, -0.25) is 4.90 Å². The molecule has 1 N–H and O–H groups in total. The maximum absolute atomic E-state index is 5.41. The van der Waals surface area contributed by atoms with Gasteiger partial charge >= 0.3 is 0 Å². The van der Waals surface area contributed by atoms with E-state index in [0.717, 1.165) is 45.6 Å². The zero-order chi connectivity index (χ0) is 14.4. The maximum atomic E-state index is 5.41. The highest BCUT2D eigenvalue weighted by Gasteiger charge is 2.19. The predicted octanol–water partition coefficient (Wildman–Crippen LogP) is 2.50. The molecule has 1 fully saturated rings. The van der Waals surface area contributed by atoms with Crippen molar-refractivity contribution in [1.29, 1.82) is 0 Å². The first-order chi connectivity index (χ1) is 9.67. The Hall–Kier alpha value is -0.490. The van der Waals surface area contributed by atoms with E-state index in [-0.39, 0.29) is 0 Å². The Kier molecular flexibility index (Phi) is 6.42. The average Bonchev–Trinajstić information content (AvgIpc) is 2.87. The lowest BCUT2D eigenvalue weighted by Crippen LogP contribution is -2.36. The number of nitrogens with zero attached hydrogens (tertiary/aromatic N) is 2. The fourth-order valence-corrected chi connectivity index (χ4v) is 3.26. The van der Waals surface area contributed by atoms with Crippen molar-refractivity contribution in [2.24, 2.45) is 5.92 Å². The molecule has 1 aliphatic rings. The normalized spacial score (nSPS) is 18.0. The Bertz CT molecular complexity index is 386. The topological polar surface area (TPSA) is 37.4 Å². The molecule has 2 rings (SSSR count). The first kappa shape index (κ1) is 15.9. The third-order valence-corrected chi connectivity index (χ3v) is 4.58.